The molecule has 0 atom stereocenters. The Kier molecular flexibility index (Phi) is 3.13. The van der Waals surface area contributed by atoms with Crippen molar-refractivity contribution in [3.05, 3.63) is 47.9 Å². The number of nitrogens with zero attached hydrogens (tertiary/aromatic N) is 3. The van der Waals surface area contributed by atoms with Gasteiger partial charge in [-0.25, -0.2) is 4.39 Å². The molecule has 1 heterocycles. The van der Waals surface area contributed by atoms with Crippen molar-refractivity contribution < 1.29 is 4.39 Å². The summed E-state index contributed by atoms with van der Waals surface area (Å²) in [4.78, 5) is 0.692. The number of hydrogen-bond donors (Lipinski definition) is 0. The summed E-state index contributed by atoms with van der Waals surface area (Å²) in [6.45, 7) is 0. The summed E-state index contributed by atoms with van der Waals surface area (Å²) in [5.41, 5.74) is 0.435. The lowest BCUT2D eigenvalue weighted by Gasteiger charge is -2.01. The second kappa shape index (κ2) is 4.73. The molecule has 2 aromatic rings. The normalized spacial score (nSPS) is 9.75. The van der Waals surface area contributed by atoms with E-state index >= 15 is 0 Å². The maximum Gasteiger partial charge on any atom is 0.141 e. The number of halogens is 1. The summed E-state index contributed by atoms with van der Waals surface area (Å²) in [5, 5.41) is 16.9. The molecule has 2 rings (SSSR count). The Morgan fingerprint density at radius 1 is 1.31 bits per heavy atom. The van der Waals surface area contributed by atoms with Gasteiger partial charge in [-0.1, -0.05) is 17.8 Å². The molecule has 1 aromatic heterocycles. The smallest absolute Gasteiger partial charge is 0.141 e. The highest BCUT2D eigenvalue weighted by Crippen LogP contribution is 2.27. The van der Waals surface area contributed by atoms with E-state index in [2.05, 4.69) is 10.2 Å². The van der Waals surface area contributed by atoms with Gasteiger partial charge in [-0.05, 0) is 24.3 Å². The van der Waals surface area contributed by atoms with Crippen molar-refractivity contribution in [3.8, 4) is 6.07 Å². The maximum absolute atomic E-state index is 12.9. The summed E-state index contributed by atoms with van der Waals surface area (Å²) in [7, 11) is 0. The highest BCUT2D eigenvalue weighted by Gasteiger charge is 2.06. The summed E-state index contributed by atoms with van der Waals surface area (Å²) in [6, 6.07) is 9.71. The molecule has 0 aliphatic rings. The van der Waals surface area contributed by atoms with E-state index in [1.165, 1.54) is 30.1 Å². The van der Waals surface area contributed by atoms with Gasteiger partial charge >= 0.3 is 0 Å². The van der Waals surface area contributed by atoms with Crippen LogP contribution < -0.4 is 0 Å². The molecule has 0 N–H and O–H groups in total. The molecule has 1 aromatic carbocycles. The van der Waals surface area contributed by atoms with Gasteiger partial charge in [0.15, 0.2) is 0 Å². The lowest BCUT2D eigenvalue weighted by Crippen LogP contribution is -1.89. The minimum Gasteiger partial charge on any atom is -0.207 e. The third-order valence-electron chi connectivity index (χ3n) is 1.82. The molecule has 0 radical (unpaired) electrons. The molecule has 0 bridgehead atoms. The molecule has 0 amide bonds. The van der Waals surface area contributed by atoms with Gasteiger partial charge in [0.25, 0.3) is 0 Å². The zero-order valence-corrected chi connectivity index (χ0v) is 8.91. The topological polar surface area (TPSA) is 49.6 Å². The summed E-state index contributed by atoms with van der Waals surface area (Å²) in [6.07, 6.45) is 1.45. The molecule has 16 heavy (non-hydrogen) atoms. The van der Waals surface area contributed by atoms with E-state index in [9.17, 15) is 4.39 Å². The first-order valence-corrected chi connectivity index (χ1v) is 5.26. The Morgan fingerprint density at radius 3 is 2.94 bits per heavy atom. The third kappa shape index (κ3) is 2.35. The van der Waals surface area contributed by atoms with Gasteiger partial charge in [0.05, 0.1) is 11.8 Å². The minimum atomic E-state index is -0.313. The molecule has 0 aliphatic carbocycles. The fourth-order valence-corrected chi connectivity index (χ4v) is 1.97. The quantitative estimate of drug-likeness (QED) is 0.797. The predicted octanol–water partition coefficient (Wildman–Crippen LogP) is 2.64. The molecule has 0 saturated heterocycles. The number of nitriles is 1. The van der Waals surface area contributed by atoms with Crippen LogP contribution in [0.1, 0.15) is 5.56 Å². The monoisotopic (exact) mass is 231 g/mol. The molecule has 5 heteroatoms. The SMILES string of the molecule is N#Cc1ccnnc1Sc1cccc(F)c1. The fraction of sp³-hybridized carbons (Fsp3) is 0. The third-order valence-corrected chi connectivity index (χ3v) is 2.80. The van der Waals surface area contributed by atoms with Crippen LogP contribution in [-0.4, -0.2) is 10.2 Å². The van der Waals surface area contributed by atoms with Gasteiger partial charge < -0.3 is 0 Å². The molecule has 0 fully saturated rings. The van der Waals surface area contributed by atoms with E-state index in [1.807, 2.05) is 6.07 Å². The first-order chi connectivity index (χ1) is 7.79. The average Bonchev–Trinajstić information content (AvgIpc) is 2.30. The molecule has 0 saturated carbocycles. The second-order valence-electron chi connectivity index (χ2n) is 2.92. The second-order valence-corrected chi connectivity index (χ2v) is 3.98. The van der Waals surface area contributed by atoms with Gasteiger partial charge in [0, 0.05) is 4.90 Å². The van der Waals surface area contributed by atoms with Gasteiger partial charge in [-0.2, -0.15) is 10.4 Å². The van der Waals surface area contributed by atoms with Crippen LogP contribution >= 0.6 is 11.8 Å². The zero-order chi connectivity index (χ0) is 11.4. The van der Waals surface area contributed by atoms with Crippen LogP contribution in [0, 0.1) is 17.1 Å². The molecule has 3 nitrogen and oxygen atoms in total. The van der Waals surface area contributed by atoms with Crippen molar-refractivity contribution in [3.63, 3.8) is 0 Å². The Bertz CT molecular complexity index is 551. The van der Waals surface area contributed by atoms with Crippen molar-refractivity contribution in [2.75, 3.05) is 0 Å². The first kappa shape index (κ1) is 10.6. The maximum atomic E-state index is 12.9. The van der Waals surface area contributed by atoms with E-state index in [4.69, 9.17) is 5.26 Å². The van der Waals surface area contributed by atoms with Crippen LogP contribution in [0.15, 0.2) is 46.5 Å². The molecule has 0 aliphatic heterocycles. The van der Waals surface area contributed by atoms with Gasteiger partial charge in [-0.3, -0.25) is 0 Å². The van der Waals surface area contributed by atoms with E-state index in [1.54, 1.807) is 18.2 Å². The Balaban J connectivity index is 2.31. The predicted molar refractivity (Wildman–Crippen MR) is 57.3 cm³/mol. The highest BCUT2D eigenvalue weighted by atomic mass is 32.2. The fourth-order valence-electron chi connectivity index (χ4n) is 1.12. The Hall–Kier alpha value is -1.93. The van der Waals surface area contributed by atoms with Crippen LogP contribution in [0.3, 0.4) is 0 Å². The van der Waals surface area contributed by atoms with Crippen LogP contribution in [0.5, 0.6) is 0 Å². The Labute approximate surface area is 95.9 Å². The lowest BCUT2D eigenvalue weighted by atomic mass is 10.3. The molecular formula is C11H6FN3S. The van der Waals surface area contributed by atoms with Gasteiger partial charge in [0.1, 0.15) is 16.9 Å². The largest absolute Gasteiger partial charge is 0.207 e. The summed E-state index contributed by atoms with van der Waals surface area (Å²) >= 11 is 1.22. The number of benzene rings is 1. The molecule has 78 valence electrons. The minimum absolute atomic E-state index is 0.313. The zero-order valence-electron chi connectivity index (χ0n) is 8.09. The van der Waals surface area contributed by atoms with E-state index < -0.39 is 0 Å². The Morgan fingerprint density at radius 2 is 2.19 bits per heavy atom. The number of aromatic nitrogens is 2. The number of hydrogen-bond acceptors (Lipinski definition) is 4. The van der Waals surface area contributed by atoms with Crippen LogP contribution in [0.4, 0.5) is 4.39 Å². The number of rotatable bonds is 2. The van der Waals surface area contributed by atoms with Crippen molar-refractivity contribution in [1.29, 1.82) is 5.26 Å². The average molecular weight is 231 g/mol. The van der Waals surface area contributed by atoms with E-state index in [0.29, 0.717) is 15.5 Å². The lowest BCUT2D eigenvalue weighted by molar-refractivity contribution is 0.624. The molecular weight excluding hydrogens is 225 g/mol. The van der Waals surface area contributed by atoms with Crippen molar-refractivity contribution in [2.24, 2.45) is 0 Å². The van der Waals surface area contributed by atoms with Gasteiger partial charge in [-0.15, -0.1) is 5.10 Å². The molecule has 0 unspecified atom stereocenters. The van der Waals surface area contributed by atoms with Crippen LogP contribution in [0.25, 0.3) is 0 Å². The van der Waals surface area contributed by atoms with E-state index in [-0.39, 0.29) is 5.82 Å². The van der Waals surface area contributed by atoms with Gasteiger partial charge in [0.2, 0.25) is 0 Å². The van der Waals surface area contributed by atoms with Crippen molar-refractivity contribution in [2.45, 2.75) is 9.92 Å². The molecule has 0 spiro atoms. The summed E-state index contributed by atoms with van der Waals surface area (Å²) in [5.74, 6) is -0.313. The van der Waals surface area contributed by atoms with Crippen molar-refractivity contribution in [1.82, 2.24) is 10.2 Å². The first-order valence-electron chi connectivity index (χ1n) is 4.45. The standard InChI is InChI=1S/C11H6FN3S/c12-9-2-1-3-10(6-9)16-11-8(7-13)4-5-14-15-11/h1-6H. The van der Waals surface area contributed by atoms with Crippen molar-refractivity contribution >= 4 is 11.8 Å². The summed E-state index contributed by atoms with van der Waals surface area (Å²) < 4.78 is 12.9. The van der Waals surface area contributed by atoms with Crippen LogP contribution in [-0.2, 0) is 0 Å². The van der Waals surface area contributed by atoms with E-state index in [0.717, 1.165) is 0 Å². The van der Waals surface area contributed by atoms with Crippen LogP contribution in [0.2, 0.25) is 0 Å². The highest BCUT2D eigenvalue weighted by molar-refractivity contribution is 7.99.